The number of fused-ring (bicyclic) bond motifs is 1. The molecular weight excluding hydrogens is 374 g/mol. The molecule has 0 saturated carbocycles. The molecule has 0 spiro atoms. The smallest absolute Gasteiger partial charge is 0.119 e. The Kier molecular flexibility index (Phi) is 7.29. The maximum Gasteiger partial charge on any atom is 0.119 e. The fourth-order valence-corrected chi connectivity index (χ4v) is 3.95. The van der Waals surface area contributed by atoms with Gasteiger partial charge in [-0.3, -0.25) is 4.98 Å². The second-order valence-electron chi connectivity index (χ2n) is 8.11. The summed E-state index contributed by atoms with van der Waals surface area (Å²) in [5.74, 6) is 0.801. The Morgan fingerprint density at radius 3 is 2.57 bits per heavy atom. The third-order valence-corrected chi connectivity index (χ3v) is 5.59. The Balaban J connectivity index is 1.19. The summed E-state index contributed by atoms with van der Waals surface area (Å²) in [4.78, 5) is 6.84. The van der Waals surface area contributed by atoms with E-state index in [9.17, 15) is 5.11 Å². The van der Waals surface area contributed by atoms with Crippen LogP contribution in [-0.4, -0.2) is 47.3 Å². The van der Waals surface area contributed by atoms with E-state index in [2.05, 4.69) is 39.5 Å². The van der Waals surface area contributed by atoms with Gasteiger partial charge in [0.15, 0.2) is 0 Å². The third-order valence-electron chi connectivity index (χ3n) is 5.59. The fraction of sp³-hybridized carbons (Fsp3) is 0.400. The summed E-state index contributed by atoms with van der Waals surface area (Å²) in [5.41, 5.74) is 3.40. The van der Waals surface area contributed by atoms with Crippen LogP contribution < -0.4 is 10.1 Å². The molecule has 2 aromatic carbocycles. The molecule has 5 nitrogen and oxygen atoms in total. The second kappa shape index (κ2) is 10.5. The molecule has 0 amide bonds. The molecule has 0 radical (unpaired) electrons. The van der Waals surface area contributed by atoms with Crippen LogP contribution in [0.2, 0.25) is 0 Å². The van der Waals surface area contributed by atoms with Gasteiger partial charge >= 0.3 is 0 Å². The molecule has 3 aromatic rings. The molecule has 0 aliphatic carbocycles. The first-order chi connectivity index (χ1) is 14.8. The lowest BCUT2D eigenvalue weighted by molar-refractivity contribution is 0.0617. The highest BCUT2D eigenvalue weighted by atomic mass is 16.5. The summed E-state index contributed by atoms with van der Waals surface area (Å²) < 4.78 is 5.77. The van der Waals surface area contributed by atoms with Crippen molar-refractivity contribution in [1.82, 2.24) is 15.2 Å². The van der Waals surface area contributed by atoms with Gasteiger partial charge in [-0.05, 0) is 61.3 Å². The minimum absolute atomic E-state index is 0.336. The van der Waals surface area contributed by atoms with Crippen LogP contribution in [0.3, 0.4) is 0 Å². The number of hydrogen-bond donors (Lipinski definition) is 2. The van der Waals surface area contributed by atoms with E-state index in [1.165, 1.54) is 35.8 Å². The number of para-hydroxylation sites is 1. The van der Waals surface area contributed by atoms with Crippen molar-refractivity contribution < 1.29 is 9.84 Å². The van der Waals surface area contributed by atoms with Gasteiger partial charge in [0.1, 0.15) is 18.5 Å². The molecule has 2 heterocycles. The van der Waals surface area contributed by atoms with Gasteiger partial charge in [0.25, 0.3) is 0 Å². The molecule has 0 bridgehead atoms. The highest BCUT2D eigenvalue weighted by Crippen LogP contribution is 2.15. The molecule has 1 aliphatic heterocycles. The number of aliphatic hydroxyl groups excluding tert-OH is 1. The van der Waals surface area contributed by atoms with E-state index in [0.29, 0.717) is 13.2 Å². The number of likely N-dealkylation sites (tertiary alicyclic amines) is 1. The minimum atomic E-state index is -0.444. The average Bonchev–Trinajstić information content (AvgIpc) is 2.79. The molecule has 1 aromatic heterocycles. The summed E-state index contributed by atoms with van der Waals surface area (Å²) in [6, 6.07) is 18.4. The Labute approximate surface area is 178 Å². The molecule has 1 aliphatic rings. The van der Waals surface area contributed by atoms with Gasteiger partial charge in [-0.25, -0.2) is 0 Å². The maximum absolute atomic E-state index is 10.2. The van der Waals surface area contributed by atoms with Crippen LogP contribution in [0.4, 0.5) is 0 Å². The van der Waals surface area contributed by atoms with Gasteiger partial charge < -0.3 is 20.1 Å². The number of benzene rings is 2. The van der Waals surface area contributed by atoms with E-state index in [-0.39, 0.29) is 0 Å². The standard InChI is InChI=1S/C25H31N3O2/c29-23(18-28-12-4-1-5-13-28)19-30-24-10-8-20(9-11-24)15-26-16-21-14-22-6-2-3-7-25(22)27-17-21/h2-3,6-11,14,17,23,26,29H,1,4-5,12-13,15-16,18-19H2. The summed E-state index contributed by atoms with van der Waals surface area (Å²) in [6.45, 7) is 4.78. The molecule has 1 atom stereocenters. The van der Waals surface area contributed by atoms with Crippen molar-refractivity contribution in [3.8, 4) is 5.75 Å². The van der Waals surface area contributed by atoms with Gasteiger partial charge in [-0.2, -0.15) is 0 Å². The van der Waals surface area contributed by atoms with Gasteiger partial charge in [0.2, 0.25) is 0 Å². The van der Waals surface area contributed by atoms with Gasteiger partial charge in [0.05, 0.1) is 5.52 Å². The zero-order valence-corrected chi connectivity index (χ0v) is 17.5. The number of nitrogens with one attached hydrogen (secondary N) is 1. The summed E-state index contributed by atoms with van der Waals surface area (Å²) in [7, 11) is 0. The lowest BCUT2D eigenvalue weighted by Crippen LogP contribution is -2.38. The Hall–Kier alpha value is -2.47. The molecule has 30 heavy (non-hydrogen) atoms. The number of ether oxygens (including phenoxy) is 1. The first-order valence-electron chi connectivity index (χ1n) is 10.9. The molecule has 4 rings (SSSR count). The van der Waals surface area contributed by atoms with Crippen LogP contribution in [0.25, 0.3) is 10.9 Å². The lowest BCUT2D eigenvalue weighted by atomic mass is 10.1. The third kappa shape index (κ3) is 6.02. The first kappa shape index (κ1) is 20.8. The zero-order valence-electron chi connectivity index (χ0n) is 17.5. The van der Waals surface area contributed by atoms with Crippen LogP contribution in [-0.2, 0) is 13.1 Å². The van der Waals surface area contributed by atoms with Crippen LogP contribution in [0.1, 0.15) is 30.4 Å². The van der Waals surface area contributed by atoms with Gasteiger partial charge in [-0.15, -0.1) is 0 Å². The van der Waals surface area contributed by atoms with E-state index < -0.39 is 6.10 Å². The molecular formula is C25H31N3O2. The lowest BCUT2D eigenvalue weighted by Gasteiger charge is -2.28. The molecule has 1 fully saturated rings. The van der Waals surface area contributed by atoms with Crippen LogP contribution in [0.5, 0.6) is 5.75 Å². The van der Waals surface area contributed by atoms with Gasteiger partial charge in [0, 0.05) is 31.2 Å². The Bertz CT molecular complexity index is 923. The summed E-state index contributed by atoms with van der Waals surface area (Å²) >= 11 is 0. The monoisotopic (exact) mass is 405 g/mol. The minimum Gasteiger partial charge on any atom is -0.491 e. The van der Waals surface area contributed by atoms with Crippen molar-refractivity contribution in [2.45, 2.75) is 38.5 Å². The first-order valence-corrected chi connectivity index (χ1v) is 10.9. The zero-order chi connectivity index (χ0) is 20.6. The maximum atomic E-state index is 10.2. The van der Waals surface area contributed by atoms with Crippen molar-refractivity contribution in [2.24, 2.45) is 0 Å². The van der Waals surface area contributed by atoms with Gasteiger partial charge in [-0.1, -0.05) is 36.8 Å². The van der Waals surface area contributed by atoms with Crippen molar-refractivity contribution >= 4 is 10.9 Å². The van der Waals surface area contributed by atoms with E-state index >= 15 is 0 Å². The number of aromatic nitrogens is 1. The number of hydrogen-bond acceptors (Lipinski definition) is 5. The Morgan fingerprint density at radius 1 is 0.967 bits per heavy atom. The van der Waals surface area contributed by atoms with E-state index in [1.54, 1.807) is 0 Å². The van der Waals surface area contributed by atoms with Crippen molar-refractivity contribution in [1.29, 1.82) is 0 Å². The molecule has 2 N–H and O–H groups in total. The predicted octanol–water partition coefficient (Wildman–Crippen LogP) is 3.75. The molecule has 1 saturated heterocycles. The van der Waals surface area contributed by atoms with Crippen LogP contribution in [0.15, 0.2) is 60.8 Å². The Morgan fingerprint density at radius 2 is 1.73 bits per heavy atom. The summed E-state index contributed by atoms with van der Waals surface area (Å²) in [6.07, 6.45) is 5.27. The number of piperidine rings is 1. The number of nitrogens with zero attached hydrogens (tertiary/aromatic N) is 2. The quantitative estimate of drug-likeness (QED) is 0.568. The van der Waals surface area contributed by atoms with Crippen LogP contribution in [0, 0.1) is 0 Å². The normalized spacial score (nSPS) is 15.9. The predicted molar refractivity (Wildman–Crippen MR) is 121 cm³/mol. The number of pyridine rings is 1. The average molecular weight is 406 g/mol. The van der Waals surface area contributed by atoms with Crippen molar-refractivity contribution in [3.63, 3.8) is 0 Å². The largest absolute Gasteiger partial charge is 0.491 e. The van der Waals surface area contributed by atoms with E-state index in [4.69, 9.17) is 4.74 Å². The second-order valence-corrected chi connectivity index (χ2v) is 8.11. The van der Waals surface area contributed by atoms with Crippen molar-refractivity contribution in [2.75, 3.05) is 26.2 Å². The summed E-state index contributed by atoms with van der Waals surface area (Å²) in [5, 5.41) is 14.9. The van der Waals surface area contributed by atoms with Crippen LogP contribution >= 0.6 is 0 Å². The topological polar surface area (TPSA) is 57.6 Å². The molecule has 5 heteroatoms. The number of β-amino-alcohol motifs (C(OH)–C–C–N with tert-alkyl or cyclic N) is 1. The number of aliphatic hydroxyl groups is 1. The van der Waals surface area contributed by atoms with Crippen molar-refractivity contribution in [3.05, 3.63) is 71.9 Å². The highest BCUT2D eigenvalue weighted by molar-refractivity contribution is 5.78. The fourth-order valence-electron chi connectivity index (χ4n) is 3.95. The molecule has 158 valence electrons. The number of rotatable bonds is 9. The highest BCUT2D eigenvalue weighted by Gasteiger charge is 2.15. The molecule has 1 unspecified atom stereocenters. The SMILES string of the molecule is OC(COc1ccc(CNCc2cnc3ccccc3c2)cc1)CN1CCCCC1. The van der Waals surface area contributed by atoms with E-state index in [1.807, 2.05) is 36.5 Å². The van der Waals surface area contributed by atoms with E-state index in [0.717, 1.165) is 37.4 Å².